The van der Waals surface area contributed by atoms with E-state index < -0.39 is 24.3 Å². The van der Waals surface area contributed by atoms with Crippen LogP contribution in [0.15, 0.2) is 49.1 Å². The van der Waals surface area contributed by atoms with Crippen LogP contribution in [0, 0.1) is 5.92 Å². The molecule has 0 radical (unpaired) electrons. The Kier molecular flexibility index (Phi) is 11.9. The van der Waals surface area contributed by atoms with Crippen molar-refractivity contribution in [1.82, 2.24) is 39.6 Å². The molecule has 0 spiro atoms. The molecule has 276 valence electrons. The van der Waals surface area contributed by atoms with Gasteiger partial charge in [-0.2, -0.15) is 36.5 Å². The van der Waals surface area contributed by atoms with Crippen LogP contribution < -0.4 is 4.90 Å². The van der Waals surface area contributed by atoms with Crippen molar-refractivity contribution in [2.45, 2.75) is 44.8 Å². The van der Waals surface area contributed by atoms with Crippen molar-refractivity contribution in [2.75, 3.05) is 37.6 Å². The van der Waals surface area contributed by atoms with Crippen molar-refractivity contribution in [3.05, 3.63) is 49.1 Å². The zero-order valence-corrected chi connectivity index (χ0v) is 27.0. The van der Waals surface area contributed by atoms with Crippen LogP contribution in [-0.4, -0.2) is 130 Å². The smallest absolute Gasteiger partial charge is 0.475 e. The Morgan fingerprint density at radius 1 is 0.961 bits per heavy atom. The zero-order chi connectivity index (χ0) is 37.7. The van der Waals surface area contributed by atoms with E-state index in [4.69, 9.17) is 24.8 Å². The number of carboxylic acid groups (broad SMARTS) is 2. The summed E-state index contributed by atoms with van der Waals surface area (Å²) in [6.07, 6.45) is -4.40. The van der Waals surface area contributed by atoms with Crippen LogP contribution in [0.25, 0.3) is 28.2 Å². The molecule has 2 atom stereocenters. The second-order valence-electron chi connectivity index (χ2n) is 11.8. The van der Waals surface area contributed by atoms with Crippen molar-refractivity contribution in [3.63, 3.8) is 0 Å². The van der Waals surface area contributed by atoms with Gasteiger partial charge in [-0.3, -0.25) is 14.9 Å². The van der Waals surface area contributed by atoms with Gasteiger partial charge in [0.2, 0.25) is 0 Å². The number of likely N-dealkylation sites (tertiary alicyclic amines) is 1. The Morgan fingerprint density at radius 2 is 1.57 bits per heavy atom. The average Bonchev–Trinajstić information content (AvgIpc) is 3.87. The number of rotatable bonds is 7. The molecule has 2 fully saturated rings. The summed E-state index contributed by atoms with van der Waals surface area (Å²) in [5.74, 6) is -3.97. The molecule has 6 rings (SSSR count). The number of H-pyrrole nitrogens is 1. The van der Waals surface area contributed by atoms with Crippen LogP contribution in [0.2, 0.25) is 0 Å². The van der Waals surface area contributed by atoms with E-state index in [0.29, 0.717) is 36.9 Å². The summed E-state index contributed by atoms with van der Waals surface area (Å²) >= 11 is 0. The van der Waals surface area contributed by atoms with Crippen LogP contribution in [0.3, 0.4) is 0 Å². The lowest BCUT2D eigenvalue weighted by atomic mass is 10.0. The first-order chi connectivity index (χ1) is 23.9. The Morgan fingerprint density at radius 3 is 2.08 bits per heavy atom. The highest BCUT2D eigenvalue weighted by Crippen LogP contribution is 2.31. The molecule has 2 aliphatic rings. The van der Waals surface area contributed by atoms with Crippen molar-refractivity contribution in [3.8, 4) is 22.5 Å². The number of carbonyl (C=O) groups is 3. The first kappa shape index (κ1) is 38.5. The summed E-state index contributed by atoms with van der Waals surface area (Å²) in [7, 11) is 0. The fourth-order valence-corrected chi connectivity index (χ4v) is 5.26. The molecule has 0 bridgehead atoms. The Hall–Kier alpha value is -5.31. The number of amides is 2. The molecule has 0 saturated carbocycles. The van der Waals surface area contributed by atoms with Gasteiger partial charge < -0.3 is 20.2 Å². The van der Waals surface area contributed by atoms with Crippen LogP contribution >= 0.6 is 0 Å². The monoisotopic (exact) mass is 729 g/mol. The number of aromatic nitrogens is 6. The Labute approximate surface area is 285 Å². The number of alkyl halides is 6. The van der Waals surface area contributed by atoms with Gasteiger partial charge in [0, 0.05) is 50.0 Å². The van der Waals surface area contributed by atoms with E-state index in [1.165, 1.54) is 0 Å². The molecule has 0 unspecified atom stereocenters. The van der Waals surface area contributed by atoms with Crippen molar-refractivity contribution < 1.29 is 56.0 Å². The van der Waals surface area contributed by atoms with Gasteiger partial charge in [-0.1, -0.05) is 38.1 Å². The summed E-state index contributed by atoms with van der Waals surface area (Å²) in [4.78, 5) is 46.5. The lowest BCUT2D eigenvalue weighted by Gasteiger charge is -2.25. The van der Waals surface area contributed by atoms with E-state index in [0.717, 1.165) is 36.2 Å². The fraction of sp³-hybridized carbons (Fsp3) is 0.433. The van der Waals surface area contributed by atoms with Gasteiger partial charge in [-0.25, -0.2) is 28.9 Å². The van der Waals surface area contributed by atoms with Gasteiger partial charge in [0.1, 0.15) is 12.1 Å². The molecule has 0 aliphatic carbocycles. The third kappa shape index (κ3) is 9.69. The summed E-state index contributed by atoms with van der Waals surface area (Å²) in [5.41, 5.74) is 3.48. The SMILES string of the molecule is CC(C)[C@H]1CN(CCN2CC[C@@H](O)C2)C(=O)N1c1ccn2ncc(-c3ccc(-c4nc[nH]n4)cc3)c2n1.O=C(O)C(F)(F)F.O=C(O)C(F)(F)F. The molecule has 3 aromatic heterocycles. The number of carboxylic acids is 2. The fourth-order valence-electron chi connectivity index (χ4n) is 5.26. The van der Waals surface area contributed by atoms with Gasteiger partial charge in [0.25, 0.3) is 0 Å². The number of aliphatic carboxylic acids is 2. The van der Waals surface area contributed by atoms with E-state index in [1.54, 1.807) is 17.0 Å². The number of carbonyl (C=O) groups excluding carboxylic acids is 1. The summed E-state index contributed by atoms with van der Waals surface area (Å²) in [6, 6.07) is 9.83. The highest BCUT2D eigenvalue weighted by Gasteiger charge is 2.41. The number of hydrogen-bond donors (Lipinski definition) is 4. The van der Waals surface area contributed by atoms with Crippen LogP contribution in [0.1, 0.15) is 20.3 Å². The minimum Gasteiger partial charge on any atom is -0.475 e. The zero-order valence-electron chi connectivity index (χ0n) is 27.0. The van der Waals surface area contributed by atoms with Gasteiger partial charge in [0.05, 0.1) is 18.3 Å². The second-order valence-corrected chi connectivity index (χ2v) is 11.8. The van der Waals surface area contributed by atoms with Gasteiger partial charge in [0.15, 0.2) is 11.5 Å². The maximum atomic E-state index is 13.6. The number of nitrogens with one attached hydrogen (secondary N) is 1. The first-order valence-electron chi connectivity index (χ1n) is 15.3. The maximum absolute atomic E-state index is 13.6. The van der Waals surface area contributed by atoms with E-state index in [2.05, 4.69) is 39.0 Å². The van der Waals surface area contributed by atoms with Crippen molar-refractivity contribution >= 4 is 29.4 Å². The summed E-state index contributed by atoms with van der Waals surface area (Å²) in [5, 5.41) is 35.4. The van der Waals surface area contributed by atoms with Crippen LogP contribution in [0.4, 0.5) is 37.0 Å². The summed E-state index contributed by atoms with van der Waals surface area (Å²) in [6.45, 7) is 7.91. The molecule has 21 heteroatoms. The number of β-amino-alcohol motifs (C(OH)–C–C–N with tert-alkyl or cyclic N) is 1. The largest absolute Gasteiger partial charge is 0.490 e. The van der Waals surface area contributed by atoms with E-state index in [9.17, 15) is 36.2 Å². The molecule has 2 amide bonds. The predicted molar refractivity (Wildman–Crippen MR) is 166 cm³/mol. The highest BCUT2D eigenvalue weighted by atomic mass is 19.4. The third-order valence-electron chi connectivity index (χ3n) is 7.87. The molecular formula is C30H33F6N9O6. The molecule has 15 nitrogen and oxygen atoms in total. The number of fused-ring (bicyclic) bond motifs is 1. The standard InChI is InChI=1S/C26H31N9O2.2C2HF3O2/c1-17(2)22-15-33(12-11-32-9-7-20(36)14-32)26(37)35(22)23-8-10-34-25(30-23)21(13-29-34)18-3-5-19(6-4-18)24-27-16-28-31-24;2*3-2(4,5)1(6)7/h3-6,8,10,13,16-17,20,22,36H,7,9,11-12,14-15H2,1-2H3,(H,27,28,31);2*(H,6,7)/t20-,22-;;/m1../s1. The first-order valence-corrected chi connectivity index (χ1v) is 15.3. The molecule has 4 N–H and O–H groups in total. The average molecular weight is 730 g/mol. The molecule has 51 heavy (non-hydrogen) atoms. The summed E-state index contributed by atoms with van der Waals surface area (Å²) < 4.78 is 65.2. The number of benzene rings is 1. The van der Waals surface area contributed by atoms with Crippen molar-refractivity contribution in [1.29, 1.82) is 0 Å². The number of anilines is 1. The Bertz CT molecular complexity index is 1770. The predicted octanol–water partition coefficient (Wildman–Crippen LogP) is 3.78. The maximum Gasteiger partial charge on any atom is 0.490 e. The number of hydrogen-bond acceptors (Lipinski definition) is 9. The number of aliphatic hydroxyl groups is 1. The molecule has 1 aromatic carbocycles. The molecule has 5 heterocycles. The molecular weight excluding hydrogens is 696 g/mol. The van der Waals surface area contributed by atoms with E-state index in [1.807, 2.05) is 46.3 Å². The number of halogens is 6. The van der Waals surface area contributed by atoms with Crippen molar-refractivity contribution in [2.24, 2.45) is 5.92 Å². The van der Waals surface area contributed by atoms with Gasteiger partial charge in [-0.05, 0) is 24.0 Å². The molecule has 2 saturated heterocycles. The topological polar surface area (TPSA) is 193 Å². The quantitative estimate of drug-likeness (QED) is 0.202. The third-order valence-corrected chi connectivity index (χ3v) is 7.87. The minimum absolute atomic E-state index is 0.0211. The number of urea groups is 1. The molecule has 2 aliphatic heterocycles. The normalized spacial score (nSPS) is 18.1. The Balaban J connectivity index is 0.000000353. The van der Waals surface area contributed by atoms with Gasteiger partial charge in [-0.15, -0.1) is 0 Å². The lowest BCUT2D eigenvalue weighted by Crippen LogP contribution is -2.39. The molecule has 4 aromatic rings. The number of aromatic amines is 1. The van der Waals surface area contributed by atoms with Gasteiger partial charge >= 0.3 is 30.3 Å². The number of aliphatic hydroxyl groups excluding tert-OH is 1. The number of nitrogens with zero attached hydrogens (tertiary/aromatic N) is 8. The van der Waals surface area contributed by atoms with Crippen LogP contribution in [0.5, 0.6) is 0 Å². The van der Waals surface area contributed by atoms with E-state index >= 15 is 0 Å². The highest BCUT2D eigenvalue weighted by molar-refractivity contribution is 5.94. The lowest BCUT2D eigenvalue weighted by molar-refractivity contribution is -0.193. The second kappa shape index (κ2) is 15.7. The van der Waals surface area contributed by atoms with E-state index in [-0.39, 0.29) is 24.1 Å². The minimum atomic E-state index is -5.08. The van der Waals surface area contributed by atoms with Crippen LogP contribution in [-0.2, 0) is 9.59 Å².